The molecule has 4 aromatic rings. The van der Waals surface area contributed by atoms with Crippen molar-refractivity contribution in [1.29, 1.82) is 0 Å². The van der Waals surface area contributed by atoms with E-state index in [4.69, 9.17) is 9.15 Å². The van der Waals surface area contributed by atoms with E-state index in [2.05, 4.69) is 20.9 Å². The maximum atomic E-state index is 12.2. The van der Waals surface area contributed by atoms with Gasteiger partial charge < -0.3 is 18.8 Å². The van der Waals surface area contributed by atoms with Gasteiger partial charge in [-0.15, -0.1) is 0 Å². The van der Waals surface area contributed by atoms with Crippen LogP contribution in [0, 0.1) is 6.92 Å². The van der Waals surface area contributed by atoms with Crippen molar-refractivity contribution in [3.05, 3.63) is 75.3 Å². The Labute approximate surface area is 192 Å². The molecule has 2 aromatic heterocycles. The molecule has 0 atom stereocenters. The third kappa shape index (κ3) is 3.71. The van der Waals surface area contributed by atoms with Crippen LogP contribution in [0.2, 0.25) is 0 Å². The first-order valence-electron chi connectivity index (χ1n) is 10.0. The summed E-state index contributed by atoms with van der Waals surface area (Å²) in [6, 6.07) is 12.8. The number of benzene rings is 2. The lowest BCUT2D eigenvalue weighted by molar-refractivity contribution is 0.0600. The maximum absolute atomic E-state index is 12.2. The number of aryl methyl sites for hydroxylation is 2. The molecule has 164 valence electrons. The zero-order valence-electron chi connectivity index (χ0n) is 17.8. The van der Waals surface area contributed by atoms with Gasteiger partial charge in [-0.1, -0.05) is 31.2 Å². The number of carbonyl (C=O) groups excluding carboxylic acids is 1. The quantitative estimate of drug-likeness (QED) is 0.356. The highest BCUT2D eigenvalue weighted by molar-refractivity contribution is 9.10. The molecule has 0 unspecified atom stereocenters. The monoisotopic (exact) mass is 496 g/mol. The number of hydrogen-bond donors (Lipinski definition) is 1. The molecule has 0 radical (unpaired) electrons. The number of aromatic nitrogens is 2. The van der Waals surface area contributed by atoms with Gasteiger partial charge in [0.05, 0.1) is 22.8 Å². The topological polar surface area (TPSA) is 94.6 Å². The van der Waals surface area contributed by atoms with Gasteiger partial charge in [-0.3, -0.25) is 0 Å². The number of fused-ring (bicyclic) bond motifs is 1. The van der Waals surface area contributed by atoms with Crippen molar-refractivity contribution in [2.75, 3.05) is 7.11 Å². The number of imidazole rings is 1. The van der Waals surface area contributed by atoms with Gasteiger partial charge >= 0.3 is 11.9 Å². The zero-order chi connectivity index (χ0) is 23.0. The second-order valence-electron chi connectivity index (χ2n) is 7.32. The third-order valence-corrected chi connectivity index (χ3v) is 6.14. The zero-order valence-corrected chi connectivity index (χ0v) is 19.4. The number of rotatable bonds is 6. The van der Waals surface area contributed by atoms with Crippen molar-refractivity contribution in [3.63, 3.8) is 0 Å². The number of carboxylic acid groups (broad SMARTS) is 1. The second kappa shape index (κ2) is 8.63. The van der Waals surface area contributed by atoms with Crippen LogP contribution in [0.1, 0.15) is 44.9 Å². The molecule has 0 spiro atoms. The molecule has 0 aliphatic rings. The van der Waals surface area contributed by atoms with Crippen LogP contribution in [-0.4, -0.2) is 33.7 Å². The summed E-state index contributed by atoms with van der Waals surface area (Å²) >= 11 is 3.62. The molecule has 0 aliphatic heterocycles. The van der Waals surface area contributed by atoms with Crippen molar-refractivity contribution >= 4 is 38.8 Å². The lowest BCUT2D eigenvalue weighted by atomic mass is 10.0. The summed E-state index contributed by atoms with van der Waals surface area (Å²) in [5.41, 5.74) is 3.27. The van der Waals surface area contributed by atoms with Crippen molar-refractivity contribution in [2.24, 2.45) is 0 Å². The Morgan fingerprint density at radius 2 is 1.97 bits per heavy atom. The van der Waals surface area contributed by atoms with Gasteiger partial charge in [0.2, 0.25) is 0 Å². The standard InChI is InChI=1S/C24H21BrN2O5/c1-4-19-26-13(2)21(23(28)29)27(19)12-14-9-10-18-17(11-14)20(25)22(32-18)15-7-5-6-8-16(15)24(30)31-3/h5-11H,4,12H2,1-3H3,(H,28,29). The summed E-state index contributed by atoms with van der Waals surface area (Å²) < 4.78 is 13.4. The van der Waals surface area contributed by atoms with E-state index in [-0.39, 0.29) is 5.69 Å². The number of halogens is 1. The van der Waals surface area contributed by atoms with Gasteiger partial charge in [0.1, 0.15) is 17.2 Å². The Bertz CT molecular complexity index is 1350. The molecular formula is C24H21BrN2O5. The molecule has 0 bridgehead atoms. The number of carboxylic acids is 1. The van der Waals surface area contributed by atoms with Crippen LogP contribution < -0.4 is 0 Å². The number of nitrogens with zero attached hydrogens (tertiary/aromatic N) is 2. The van der Waals surface area contributed by atoms with Gasteiger partial charge in [-0.25, -0.2) is 14.6 Å². The molecule has 0 fully saturated rings. The molecule has 4 rings (SSSR count). The Kier molecular flexibility index (Phi) is 5.88. The fraction of sp³-hybridized carbons (Fsp3) is 0.208. The smallest absolute Gasteiger partial charge is 0.354 e. The summed E-state index contributed by atoms with van der Waals surface area (Å²) in [4.78, 5) is 28.4. The predicted molar refractivity (Wildman–Crippen MR) is 123 cm³/mol. The first-order valence-corrected chi connectivity index (χ1v) is 10.8. The number of carbonyl (C=O) groups is 2. The van der Waals surface area contributed by atoms with Crippen molar-refractivity contribution in [2.45, 2.75) is 26.8 Å². The Morgan fingerprint density at radius 1 is 1.22 bits per heavy atom. The minimum Gasteiger partial charge on any atom is -0.477 e. The van der Waals surface area contributed by atoms with Crippen molar-refractivity contribution < 1.29 is 23.8 Å². The first kappa shape index (κ1) is 21.8. The van der Waals surface area contributed by atoms with Crippen molar-refractivity contribution in [3.8, 4) is 11.3 Å². The lowest BCUT2D eigenvalue weighted by Gasteiger charge is -2.09. The largest absolute Gasteiger partial charge is 0.477 e. The van der Waals surface area contributed by atoms with Gasteiger partial charge in [0, 0.05) is 23.9 Å². The third-order valence-electron chi connectivity index (χ3n) is 5.35. The minimum atomic E-state index is -0.998. The van der Waals surface area contributed by atoms with E-state index in [0.29, 0.717) is 45.6 Å². The van der Waals surface area contributed by atoms with E-state index in [1.165, 1.54) is 7.11 Å². The summed E-state index contributed by atoms with van der Waals surface area (Å²) in [6.45, 7) is 4.03. The number of furan rings is 1. The van der Waals surface area contributed by atoms with Gasteiger partial charge in [0.25, 0.3) is 0 Å². The fourth-order valence-corrected chi connectivity index (χ4v) is 4.48. The molecule has 8 heteroatoms. The minimum absolute atomic E-state index is 0.195. The average Bonchev–Trinajstić information content (AvgIpc) is 3.29. The van der Waals surface area contributed by atoms with Crippen LogP contribution in [0.25, 0.3) is 22.3 Å². The highest BCUT2D eigenvalue weighted by atomic mass is 79.9. The second-order valence-corrected chi connectivity index (χ2v) is 8.11. The molecule has 0 saturated carbocycles. The van der Waals surface area contributed by atoms with Gasteiger partial charge in [0.15, 0.2) is 5.69 Å². The Hall–Kier alpha value is -3.39. The van der Waals surface area contributed by atoms with E-state index < -0.39 is 11.9 Å². The number of methoxy groups -OCH3 is 1. The summed E-state index contributed by atoms with van der Waals surface area (Å²) in [5, 5.41) is 10.5. The fourth-order valence-electron chi connectivity index (χ4n) is 3.88. The molecule has 1 N–H and O–H groups in total. The molecule has 32 heavy (non-hydrogen) atoms. The summed E-state index contributed by atoms with van der Waals surface area (Å²) in [6.07, 6.45) is 0.625. The van der Waals surface area contributed by atoms with Crippen LogP contribution in [0.3, 0.4) is 0 Å². The van der Waals surface area contributed by atoms with Gasteiger partial charge in [-0.05, 0) is 46.6 Å². The molecule has 0 saturated heterocycles. The summed E-state index contributed by atoms with van der Waals surface area (Å²) in [5.74, 6) is -0.199. The number of hydrogen-bond acceptors (Lipinski definition) is 5. The van der Waals surface area contributed by atoms with E-state index in [0.717, 1.165) is 16.8 Å². The highest BCUT2D eigenvalue weighted by Crippen LogP contribution is 2.39. The molecule has 7 nitrogen and oxygen atoms in total. The average molecular weight is 497 g/mol. The Morgan fingerprint density at radius 3 is 2.66 bits per heavy atom. The number of aromatic carboxylic acids is 1. The SMILES string of the molecule is CCc1nc(C)c(C(=O)O)n1Cc1ccc2oc(-c3ccccc3C(=O)OC)c(Br)c2c1. The van der Waals surface area contributed by atoms with Crippen LogP contribution in [-0.2, 0) is 17.7 Å². The molecule has 0 amide bonds. The maximum Gasteiger partial charge on any atom is 0.354 e. The summed E-state index contributed by atoms with van der Waals surface area (Å²) in [7, 11) is 1.34. The van der Waals surface area contributed by atoms with E-state index in [1.54, 1.807) is 29.7 Å². The van der Waals surface area contributed by atoms with E-state index in [1.807, 2.05) is 31.2 Å². The van der Waals surface area contributed by atoms with Gasteiger partial charge in [-0.2, -0.15) is 0 Å². The molecule has 0 aliphatic carbocycles. The normalized spacial score (nSPS) is 11.1. The van der Waals surface area contributed by atoms with Crippen LogP contribution in [0.5, 0.6) is 0 Å². The van der Waals surface area contributed by atoms with Crippen LogP contribution in [0.15, 0.2) is 51.4 Å². The van der Waals surface area contributed by atoms with E-state index >= 15 is 0 Å². The molecule has 2 heterocycles. The van der Waals surface area contributed by atoms with Crippen LogP contribution >= 0.6 is 15.9 Å². The van der Waals surface area contributed by atoms with Crippen LogP contribution in [0.4, 0.5) is 0 Å². The predicted octanol–water partition coefficient (Wildman–Crippen LogP) is 5.46. The molecular weight excluding hydrogens is 476 g/mol. The lowest BCUT2D eigenvalue weighted by Crippen LogP contribution is -2.13. The highest BCUT2D eigenvalue weighted by Gasteiger charge is 2.22. The number of ether oxygens (including phenoxy) is 1. The van der Waals surface area contributed by atoms with E-state index in [9.17, 15) is 14.7 Å². The number of esters is 1. The Balaban J connectivity index is 1.80. The first-order chi connectivity index (χ1) is 15.3. The van der Waals surface area contributed by atoms with Crippen molar-refractivity contribution in [1.82, 2.24) is 9.55 Å². The molecule has 2 aromatic carbocycles.